The molecule has 0 saturated carbocycles. The van der Waals surface area contributed by atoms with Crippen LogP contribution in [0.3, 0.4) is 0 Å². The van der Waals surface area contributed by atoms with Crippen LogP contribution >= 0.6 is 0 Å². The Labute approximate surface area is 108 Å². The Morgan fingerprint density at radius 3 is 2.56 bits per heavy atom. The molecule has 3 amide bonds. The van der Waals surface area contributed by atoms with Gasteiger partial charge in [-0.2, -0.15) is 0 Å². The molecule has 1 unspecified atom stereocenters. The van der Waals surface area contributed by atoms with Gasteiger partial charge in [0.15, 0.2) is 0 Å². The van der Waals surface area contributed by atoms with Crippen molar-refractivity contribution in [1.82, 2.24) is 20.4 Å². The summed E-state index contributed by atoms with van der Waals surface area (Å²) in [6, 6.07) is -0.268. The lowest BCUT2D eigenvalue weighted by Crippen LogP contribution is -2.58. The Balaban J connectivity index is 2.03. The fourth-order valence-electron chi connectivity index (χ4n) is 2.64. The fourth-order valence-corrected chi connectivity index (χ4v) is 2.64. The SMILES string of the molecule is CNC(=O)C1CCCCN1C(=O)N1CCNCC1. The average Bonchev–Trinajstić information content (AvgIpc) is 2.46. The number of piperazine rings is 1. The number of nitrogens with zero attached hydrogens (tertiary/aromatic N) is 2. The highest BCUT2D eigenvalue weighted by Crippen LogP contribution is 2.19. The maximum absolute atomic E-state index is 12.4. The molecule has 2 rings (SSSR count). The lowest BCUT2D eigenvalue weighted by atomic mass is 10.0. The third kappa shape index (κ3) is 2.75. The molecule has 102 valence electrons. The van der Waals surface area contributed by atoms with Crippen LogP contribution in [0.1, 0.15) is 19.3 Å². The van der Waals surface area contributed by atoms with Crippen molar-refractivity contribution in [3.05, 3.63) is 0 Å². The van der Waals surface area contributed by atoms with Gasteiger partial charge in [-0.05, 0) is 19.3 Å². The average molecular weight is 254 g/mol. The molecule has 0 aromatic rings. The summed E-state index contributed by atoms with van der Waals surface area (Å²) in [5.41, 5.74) is 0. The standard InChI is InChI=1S/C12H22N4O2/c1-13-11(17)10-4-2-3-7-16(10)12(18)15-8-5-14-6-9-15/h10,14H,2-9H2,1H3,(H,13,17). The molecule has 0 aliphatic carbocycles. The van der Waals surface area contributed by atoms with Crippen LogP contribution in [-0.2, 0) is 4.79 Å². The van der Waals surface area contributed by atoms with Crippen molar-refractivity contribution >= 4 is 11.9 Å². The molecule has 18 heavy (non-hydrogen) atoms. The van der Waals surface area contributed by atoms with Crippen molar-refractivity contribution in [2.75, 3.05) is 39.8 Å². The van der Waals surface area contributed by atoms with Gasteiger partial charge in [-0.3, -0.25) is 4.79 Å². The third-order valence-electron chi connectivity index (χ3n) is 3.69. The molecular formula is C12H22N4O2. The van der Waals surface area contributed by atoms with E-state index in [4.69, 9.17) is 0 Å². The first-order chi connectivity index (χ1) is 8.74. The molecule has 1 atom stereocenters. The van der Waals surface area contributed by atoms with Gasteiger partial charge in [0.2, 0.25) is 5.91 Å². The van der Waals surface area contributed by atoms with Gasteiger partial charge in [-0.1, -0.05) is 0 Å². The number of hydrogen-bond donors (Lipinski definition) is 2. The molecule has 2 aliphatic heterocycles. The number of rotatable bonds is 1. The van der Waals surface area contributed by atoms with Crippen molar-refractivity contribution in [2.45, 2.75) is 25.3 Å². The summed E-state index contributed by atoms with van der Waals surface area (Å²) in [6.45, 7) is 3.83. The zero-order valence-electron chi connectivity index (χ0n) is 10.9. The first-order valence-corrected chi connectivity index (χ1v) is 6.72. The van der Waals surface area contributed by atoms with Crippen molar-refractivity contribution in [1.29, 1.82) is 0 Å². The number of nitrogens with one attached hydrogen (secondary N) is 2. The predicted molar refractivity (Wildman–Crippen MR) is 68.3 cm³/mol. The van der Waals surface area contributed by atoms with Crippen LogP contribution in [0.15, 0.2) is 0 Å². The highest BCUT2D eigenvalue weighted by molar-refractivity contribution is 5.87. The second-order valence-electron chi connectivity index (χ2n) is 4.84. The number of likely N-dealkylation sites (N-methyl/N-ethyl adjacent to an activating group) is 1. The molecule has 2 aliphatic rings. The first-order valence-electron chi connectivity index (χ1n) is 6.72. The van der Waals surface area contributed by atoms with Crippen LogP contribution < -0.4 is 10.6 Å². The molecular weight excluding hydrogens is 232 g/mol. The van der Waals surface area contributed by atoms with E-state index in [1.54, 1.807) is 11.9 Å². The van der Waals surface area contributed by atoms with Gasteiger partial charge in [0.05, 0.1) is 0 Å². The van der Waals surface area contributed by atoms with Crippen LogP contribution in [0.5, 0.6) is 0 Å². The fraction of sp³-hybridized carbons (Fsp3) is 0.833. The smallest absolute Gasteiger partial charge is 0.320 e. The number of hydrogen-bond acceptors (Lipinski definition) is 3. The van der Waals surface area contributed by atoms with Gasteiger partial charge in [0.25, 0.3) is 0 Å². The maximum atomic E-state index is 12.4. The van der Waals surface area contributed by atoms with Crippen molar-refractivity contribution < 1.29 is 9.59 Å². The number of amides is 3. The molecule has 2 heterocycles. The molecule has 2 N–H and O–H groups in total. The van der Waals surface area contributed by atoms with Crippen LogP contribution in [0, 0.1) is 0 Å². The van der Waals surface area contributed by atoms with Crippen LogP contribution in [-0.4, -0.2) is 67.6 Å². The van der Waals surface area contributed by atoms with E-state index in [1.165, 1.54) is 0 Å². The van der Waals surface area contributed by atoms with E-state index in [0.717, 1.165) is 45.4 Å². The summed E-state index contributed by atoms with van der Waals surface area (Å²) >= 11 is 0. The zero-order chi connectivity index (χ0) is 13.0. The van der Waals surface area contributed by atoms with E-state index in [9.17, 15) is 9.59 Å². The van der Waals surface area contributed by atoms with Gasteiger partial charge < -0.3 is 20.4 Å². The lowest BCUT2D eigenvalue weighted by Gasteiger charge is -2.39. The minimum absolute atomic E-state index is 0.0183. The molecule has 2 fully saturated rings. The molecule has 0 aromatic carbocycles. The topological polar surface area (TPSA) is 64.7 Å². The highest BCUT2D eigenvalue weighted by atomic mass is 16.2. The molecule has 6 nitrogen and oxygen atoms in total. The Hall–Kier alpha value is -1.30. The summed E-state index contributed by atoms with van der Waals surface area (Å²) in [4.78, 5) is 27.8. The van der Waals surface area contributed by atoms with E-state index in [1.807, 2.05) is 4.90 Å². The quantitative estimate of drug-likeness (QED) is 0.670. The molecule has 6 heteroatoms. The summed E-state index contributed by atoms with van der Waals surface area (Å²) in [7, 11) is 1.63. The first kappa shape index (κ1) is 13.1. The second-order valence-corrected chi connectivity index (χ2v) is 4.84. The van der Waals surface area contributed by atoms with Crippen molar-refractivity contribution in [3.63, 3.8) is 0 Å². The van der Waals surface area contributed by atoms with E-state index >= 15 is 0 Å². The van der Waals surface area contributed by atoms with Crippen molar-refractivity contribution in [2.24, 2.45) is 0 Å². The number of carbonyl (C=O) groups is 2. The van der Waals surface area contributed by atoms with Gasteiger partial charge in [-0.25, -0.2) is 4.79 Å². The second kappa shape index (κ2) is 6.04. The summed E-state index contributed by atoms with van der Waals surface area (Å²) in [5, 5.41) is 5.88. The molecule has 0 aromatic heterocycles. The highest BCUT2D eigenvalue weighted by Gasteiger charge is 2.34. The van der Waals surface area contributed by atoms with Crippen LogP contribution in [0.2, 0.25) is 0 Å². The largest absolute Gasteiger partial charge is 0.357 e. The Morgan fingerprint density at radius 2 is 1.89 bits per heavy atom. The van der Waals surface area contributed by atoms with E-state index in [0.29, 0.717) is 6.54 Å². The molecule has 0 bridgehead atoms. The van der Waals surface area contributed by atoms with Gasteiger partial charge in [-0.15, -0.1) is 0 Å². The van der Waals surface area contributed by atoms with E-state index < -0.39 is 0 Å². The van der Waals surface area contributed by atoms with Gasteiger partial charge >= 0.3 is 6.03 Å². The normalized spacial score (nSPS) is 24.8. The monoisotopic (exact) mass is 254 g/mol. The number of piperidine rings is 1. The number of carbonyl (C=O) groups excluding carboxylic acids is 2. The maximum Gasteiger partial charge on any atom is 0.320 e. The Morgan fingerprint density at radius 1 is 1.17 bits per heavy atom. The number of likely N-dealkylation sites (tertiary alicyclic amines) is 1. The number of urea groups is 1. The molecule has 2 saturated heterocycles. The predicted octanol–water partition coefficient (Wildman–Crippen LogP) is -0.388. The Kier molecular flexibility index (Phi) is 4.41. The molecule has 0 spiro atoms. The van der Waals surface area contributed by atoms with Crippen LogP contribution in [0.25, 0.3) is 0 Å². The Bertz CT molecular complexity index is 315. The minimum Gasteiger partial charge on any atom is -0.357 e. The van der Waals surface area contributed by atoms with Crippen molar-refractivity contribution in [3.8, 4) is 0 Å². The van der Waals surface area contributed by atoms with E-state index in [-0.39, 0.29) is 18.0 Å². The zero-order valence-corrected chi connectivity index (χ0v) is 10.9. The van der Waals surface area contributed by atoms with Crippen LogP contribution in [0.4, 0.5) is 4.79 Å². The summed E-state index contributed by atoms with van der Waals surface area (Å²) < 4.78 is 0. The summed E-state index contributed by atoms with van der Waals surface area (Å²) in [6.07, 6.45) is 2.78. The molecule has 0 radical (unpaired) electrons. The lowest BCUT2D eigenvalue weighted by molar-refractivity contribution is -0.126. The minimum atomic E-state index is -0.286. The van der Waals surface area contributed by atoms with Gasteiger partial charge in [0.1, 0.15) is 6.04 Å². The van der Waals surface area contributed by atoms with E-state index in [2.05, 4.69) is 10.6 Å². The third-order valence-corrected chi connectivity index (χ3v) is 3.69. The summed E-state index contributed by atoms with van der Waals surface area (Å²) in [5.74, 6) is -0.0433. The van der Waals surface area contributed by atoms with Gasteiger partial charge in [0, 0.05) is 39.8 Å².